The number of hydrogen-bond donors (Lipinski definition) is 0. The van der Waals surface area contributed by atoms with Gasteiger partial charge in [-0.3, -0.25) is 0 Å². The van der Waals surface area contributed by atoms with Crippen molar-refractivity contribution in [3.63, 3.8) is 0 Å². The molecule has 1 saturated carbocycles. The SMILES string of the molecule is COC(=O)c1ccc(-c2ccc(CCN(C[C@@H](OC3CCCCO3)c3ccccc3)C(=O)OC(C)(C)C)cc2)cc1OC1CCCCC1. The number of rotatable bonds is 12. The average molecular weight is 658 g/mol. The molecule has 1 saturated heterocycles. The minimum atomic E-state index is -0.629. The summed E-state index contributed by atoms with van der Waals surface area (Å²) >= 11 is 0. The van der Waals surface area contributed by atoms with Gasteiger partial charge in [-0.05, 0) is 107 Å². The van der Waals surface area contributed by atoms with Crippen LogP contribution in [0.3, 0.4) is 0 Å². The molecular formula is C40H51NO7. The van der Waals surface area contributed by atoms with Gasteiger partial charge in [0.25, 0.3) is 0 Å². The summed E-state index contributed by atoms with van der Waals surface area (Å²) in [4.78, 5) is 27.8. The fourth-order valence-electron chi connectivity index (χ4n) is 6.25. The Morgan fingerprint density at radius 2 is 1.58 bits per heavy atom. The molecule has 5 rings (SSSR count). The first kappa shape index (κ1) is 35.4. The first-order valence-electron chi connectivity index (χ1n) is 17.5. The minimum Gasteiger partial charge on any atom is -0.490 e. The van der Waals surface area contributed by atoms with Crippen molar-refractivity contribution in [1.29, 1.82) is 0 Å². The number of methoxy groups -OCH3 is 1. The Balaban J connectivity index is 1.31. The first-order valence-corrected chi connectivity index (χ1v) is 17.5. The maximum Gasteiger partial charge on any atom is 0.410 e. The average Bonchev–Trinajstić information content (AvgIpc) is 3.10. The van der Waals surface area contributed by atoms with Gasteiger partial charge in [-0.1, -0.05) is 67.1 Å². The molecule has 1 aliphatic heterocycles. The van der Waals surface area contributed by atoms with E-state index in [4.69, 9.17) is 23.7 Å². The zero-order valence-electron chi connectivity index (χ0n) is 29.0. The number of benzene rings is 3. The molecule has 8 heteroatoms. The maximum absolute atomic E-state index is 13.5. The summed E-state index contributed by atoms with van der Waals surface area (Å²) in [5, 5.41) is 0. The third-order valence-corrected chi connectivity index (χ3v) is 8.85. The predicted molar refractivity (Wildman–Crippen MR) is 186 cm³/mol. The number of nitrogens with zero attached hydrogens (tertiary/aromatic N) is 1. The smallest absolute Gasteiger partial charge is 0.410 e. The Labute approximate surface area is 285 Å². The zero-order chi connectivity index (χ0) is 33.9. The van der Waals surface area contributed by atoms with Crippen LogP contribution in [0.5, 0.6) is 5.75 Å². The van der Waals surface area contributed by atoms with Gasteiger partial charge in [0.15, 0.2) is 6.29 Å². The normalized spacial score (nSPS) is 17.7. The molecule has 258 valence electrons. The lowest BCUT2D eigenvalue weighted by Crippen LogP contribution is -2.41. The summed E-state index contributed by atoms with van der Waals surface area (Å²) in [6, 6.07) is 24.0. The summed E-state index contributed by atoms with van der Waals surface area (Å²) in [7, 11) is 1.39. The molecule has 0 bridgehead atoms. The summed E-state index contributed by atoms with van der Waals surface area (Å²) in [6.45, 7) is 7.12. The fourth-order valence-corrected chi connectivity index (χ4v) is 6.25. The van der Waals surface area contributed by atoms with Gasteiger partial charge in [-0.25, -0.2) is 9.59 Å². The van der Waals surface area contributed by atoms with Crippen LogP contribution in [0.1, 0.15) is 99.7 Å². The molecule has 0 spiro atoms. The van der Waals surface area contributed by atoms with Crippen molar-refractivity contribution in [2.45, 2.75) is 103 Å². The number of amides is 1. The number of carbonyl (C=O) groups is 2. The Hall–Kier alpha value is -3.88. The van der Waals surface area contributed by atoms with E-state index in [1.165, 1.54) is 13.5 Å². The lowest BCUT2D eigenvalue weighted by Gasteiger charge is -2.33. The van der Waals surface area contributed by atoms with Gasteiger partial charge in [0, 0.05) is 13.2 Å². The topological polar surface area (TPSA) is 83.5 Å². The molecule has 3 aromatic carbocycles. The van der Waals surface area contributed by atoms with Crippen molar-refractivity contribution in [1.82, 2.24) is 4.90 Å². The van der Waals surface area contributed by atoms with E-state index >= 15 is 0 Å². The predicted octanol–water partition coefficient (Wildman–Crippen LogP) is 8.92. The number of carbonyl (C=O) groups excluding carboxylic acids is 2. The van der Waals surface area contributed by atoms with E-state index in [0.29, 0.717) is 37.4 Å². The highest BCUT2D eigenvalue weighted by molar-refractivity contribution is 5.93. The van der Waals surface area contributed by atoms with E-state index < -0.39 is 11.6 Å². The van der Waals surface area contributed by atoms with E-state index in [2.05, 4.69) is 24.3 Å². The van der Waals surface area contributed by atoms with Gasteiger partial charge in [0.1, 0.15) is 23.0 Å². The van der Waals surface area contributed by atoms with Crippen molar-refractivity contribution < 1.29 is 33.3 Å². The molecule has 1 aliphatic carbocycles. The van der Waals surface area contributed by atoms with Crippen LogP contribution in [0.25, 0.3) is 11.1 Å². The van der Waals surface area contributed by atoms with Crippen LogP contribution in [0, 0.1) is 0 Å². The molecule has 48 heavy (non-hydrogen) atoms. The molecule has 0 aromatic heterocycles. The van der Waals surface area contributed by atoms with E-state index in [9.17, 15) is 9.59 Å². The Kier molecular flexibility index (Phi) is 12.5. The molecule has 0 N–H and O–H groups in total. The van der Waals surface area contributed by atoms with Crippen molar-refractivity contribution in [3.8, 4) is 16.9 Å². The quantitative estimate of drug-likeness (QED) is 0.180. The largest absolute Gasteiger partial charge is 0.490 e. The molecule has 2 fully saturated rings. The van der Waals surface area contributed by atoms with Crippen LogP contribution in [-0.4, -0.2) is 61.8 Å². The van der Waals surface area contributed by atoms with Gasteiger partial charge in [-0.2, -0.15) is 0 Å². The fraction of sp³-hybridized carbons (Fsp3) is 0.500. The highest BCUT2D eigenvalue weighted by Crippen LogP contribution is 2.32. The second-order valence-corrected chi connectivity index (χ2v) is 13.8. The maximum atomic E-state index is 13.5. The molecule has 1 amide bonds. The molecule has 1 heterocycles. The highest BCUT2D eigenvalue weighted by atomic mass is 16.7. The van der Waals surface area contributed by atoms with Crippen molar-refractivity contribution >= 4 is 12.1 Å². The third-order valence-electron chi connectivity index (χ3n) is 8.85. The molecule has 1 unspecified atom stereocenters. The van der Waals surface area contributed by atoms with Crippen molar-refractivity contribution in [2.75, 3.05) is 26.8 Å². The zero-order valence-corrected chi connectivity index (χ0v) is 29.0. The van der Waals surface area contributed by atoms with Crippen molar-refractivity contribution in [2.24, 2.45) is 0 Å². The lowest BCUT2D eigenvalue weighted by molar-refractivity contribution is -0.192. The van der Waals surface area contributed by atoms with Crippen LogP contribution in [0.2, 0.25) is 0 Å². The Bertz CT molecular complexity index is 1460. The van der Waals surface area contributed by atoms with Crippen LogP contribution in [0.15, 0.2) is 72.8 Å². The van der Waals surface area contributed by atoms with Gasteiger partial charge < -0.3 is 28.6 Å². The van der Waals surface area contributed by atoms with Gasteiger partial charge >= 0.3 is 12.1 Å². The van der Waals surface area contributed by atoms with E-state index in [1.807, 2.05) is 63.2 Å². The molecular weight excluding hydrogens is 606 g/mol. The molecule has 0 radical (unpaired) electrons. The monoisotopic (exact) mass is 657 g/mol. The van der Waals surface area contributed by atoms with E-state index in [-0.39, 0.29) is 24.6 Å². The second-order valence-electron chi connectivity index (χ2n) is 13.8. The first-order chi connectivity index (χ1) is 23.2. The summed E-state index contributed by atoms with van der Waals surface area (Å²) in [5.41, 5.74) is 3.87. The molecule has 8 nitrogen and oxygen atoms in total. The summed E-state index contributed by atoms with van der Waals surface area (Å²) in [6.07, 6.45) is 8.13. The van der Waals surface area contributed by atoms with Crippen LogP contribution >= 0.6 is 0 Å². The summed E-state index contributed by atoms with van der Waals surface area (Å²) in [5.74, 6) is 0.167. The van der Waals surface area contributed by atoms with E-state index in [1.54, 1.807) is 11.0 Å². The molecule has 2 atom stereocenters. The van der Waals surface area contributed by atoms with Crippen LogP contribution < -0.4 is 4.74 Å². The minimum absolute atomic E-state index is 0.106. The van der Waals surface area contributed by atoms with Gasteiger partial charge in [-0.15, -0.1) is 0 Å². The van der Waals surface area contributed by atoms with E-state index in [0.717, 1.165) is 67.2 Å². The number of ether oxygens (including phenoxy) is 5. The Morgan fingerprint density at radius 3 is 2.25 bits per heavy atom. The second kappa shape index (κ2) is 17.0. The highest BCUT2D eigenvalue weighted by Gasteiger charge is 2.28. The molecule has 2 aliphatic rings. The van der Waals surface area contributed by atoms with Crippen LogP contribution in [0.4, 0.5) is 4.79 Å². The third kappa shape index (κ3) is 10.3. The molecule has 3 aromatic rings. The lowest BCUT2D eigenvalue weighted by atomic mass is 9.97. The number of esters is 1. The summed E-state index contributed by atoms with van der Waals surface area (Å²) < 4.78 is 29.6. The van der Waals surface area contributed by atoms with Crippen LogP contribution in [-0.2, 0) is 25.4 Å². The van der Waals surface area contributed by atoms with Gasteiger partial charge in [0.05, 0.1) is 19.8 Å². The number of hydrogen-bond acceptors (Lipinski definition) is 7. The van der Waals surface area contributed by atoms with Crippen molar-refractivity contribution in [3.05, 3.63) is 89.5 Å². The Morgan fingerprint density at radius 1 is 0.875 bits per heavy atom. The standard InChI is InChI=1S/C40H51NO7/c1-40(2,3)48-39(43)41(28-36(31-13-7-5-8-14-31)47-37-17-11-12-26-45-37)25-24-29-18-20-30(21-19-29)32-22-23-34(38(42)44-4)35(27-32)46-33-15-9-6-10-16-33/h5,7-8,13-14,18-23,27,33,36-37H,6,9-12,15-17,24-26,28H2,1-4H3/t36-,37?/m1/s1. The van der Waals surface area contributed by atoms with Gasteiger partial charge in [0.2, 0.25) is 0 Å².